The SMILES string of the molecule is CCOC(=O)COc1cccc(NC(=O)C=Cc2cccnc2)c1. The molecular formula is C18H18N2O4. The van der Waals surface area contributed by atoms with Gasteiger partial charge in [0.1, 0.15) is 5.75 Å². The van der Waals surface area contributed by atoms with E-state index in [1.807, 2.05) is 6.07 Å². The highest BCUT2D eigenvalue weighted by molar-refractivity contribution is 6.01. The van der Waals surface area contributed by atoms with Crippen molar-refractivity contribution in [1.82, 2.24) is 4.98 Å². The van der Waals surface area contributed by atoms with Crippen LogP contribution < -0.4 is 10.1 Å². The number of ether oxygens (including phenoxy) is 2. The highest BCUT2D eigenvalue weighted by atomic mass is 16.6. The van der Waals surface area contributed by atoms with Crippen LogP contribution in [0, 0.1) is 0 Å². The standard InChI is InChI=1S/C18H18N2O4/c1-2-23-18(22)13-24-16-7-3-6-15(11-16)20-17(21)9-8-14-5-4-10-19-12-14/h3-12H,2,13H2,1H3,(H,20,21). The first kappa shape index (κ1) is 17.2. The van der Waals surface area contributed by atoms with Gasteiger partial charge in [0.15, 0.2) is 6.61 Å². The molecule has 2 rings (SSSR count). The maximum atomic E-state index is 11.9. The van der Waals surface area contributed by atoms with Gasteiger partial charge in [-0.15, -0.1) is 0 Å². The number of carbonyl (C=O) groups is 2. The number of rotatable bonds is 7. The molecule has 24 heavy (non-hydrogen) atoms. The summed E-state index contributed by atoms with van der Waals surface area (Å²) in [7, 11) is 0. The summed E-state index contributed by atoms with van der Waals surface area (Å²) in [6.07, 6.45) is 6.42. The van der Waals surface area contributed by atoms with Crippen molar-refractivity contribution in [2.24, 2.45) is 0 Å². The Hall–Kier alpha value is -3.15. The van der Waals surface area contributed by atoms with E-state index in [4.69, 9.17) is 9.47 Å². The Labute approximate surface area is 140 Å². The van der Waals surface area contributed by atoms with E-state index in [0.717, 1.165) is 5.56 Å². The molecule has 1 N–H and O–H groups in total. The Bertz CT molecular complexity index is 714. The van der Waals surface area contributed by atoms with Crippen molar-refractivity contribution in [3.05, 3.63) is 60.4 Å². The Balaban J connectivity index is 1.90. The number of benzene rings is 1. The van der Waals surface area contributed by atoms with Gasteiger partial charge in [0.2, 0.25) is 5.91 Å². The number of amides is 1. The minimum absolute atomic E-state index is 0.174. The summed E-state index contributed by atoms with van der Waals surface area (Å²) in [6.45, 7) is 1.86. The van der Waals surface area contributed by atoms with E-state index in [2.05, 4.69) is 10.3 Å². The highest BCUT2D eigenvalue weighted by Crippen LogP contribution is 2.17. The van der Waals surface area contributed by atoms with Crippen molar-refractivity contribution < 1.29 is 19.1 Å². The highest BCUT2D eigenvalue weighted by Gasteiger charge is 2.04. The zero-order chi connectivity index (χ0) is 17.2. The van der Waals surface area contributed by atoms with Crippen LogP contribution in [0.1, 0.15) is 12.5 Å². The number of pyridine rings is 1. The predicted octanol–water partition coefficient (Wildman–Crippen LogP) is 2.68. The average molecular weight is 326 g/mol. The fraction of sp³-hybridized carbons (Fsp3) is 0.167. The number of nitrogens with one attached hydrogen (secondary N) is 1. The molecule has 1 heterocycles. The van der Waals surface area contributed by atoms with Crippen molar-refractivity contribution in [3.63, 3.8) is 0 Å². The van der Waals surface area contributed by atoms with Crippen LogP contribution in [-0.2, 0) is 14.3 Å². The number of esters is 1. The molecule has 124 valence electrons. The number of anilines is 1. The van der Waals surface area contributed by atoms with E-state index >= 15 is 0 Å². The summed E-state index contributed by atoms with van der Waals surface area (Å²) in [5.41, 5.74) is 1.40. The van der Waals surface area contributed by atoms with Crippen LogP contribution in [-0.4, -0.2) is 30.1 Å². The molecule has 0 fully saturated rings. The number of nitrogens with zero attached hydrogens (tertiary/aromatic N) is 1. The van der Waals surface area contributed by atoms with Gasteiger partial charge in [0.25, 0.3) is 0 Å². The molecule has 1 amide bonds. The minimum atomic E-state index is -0.439. The van der Waals surface area contributed by atoms with Crippen LogP contribution in [0.5, 0.6) is 5.75 Å². The van der Waals surface area contributed by atoms with Gasteiger partial charge in [0, 0.05) is 30.2 Å². The molecule has 1 aromatic carbocycles. The molecule has 2 aromatic rings. The lowest BCUT2D eigenvalue weighted by atomic mass is 10.2. The van der Waals surface area contributed by atoms with Gasteiger partial charge in [-0.1, -0.05) is 12.1 Å². The van der Waals surface area contributed by atoms with Gasteiger partial charge in [-0.3, -0.25) is 9.78 Å². The number of hydrogen-bond donors (Lipinski definition) is 1. The van der Waals surface area contributed by atoms with Crippen LogP contribution >= 0.6 is 0 Å². The Kier molecular flexibility index (Phi) is 6.52. The summed E-state index contributed by atoms with van der Waals surface area (Å²) < 4.78 is 10.1. The lowest BCUT2D eigenvalue weighted by molar-refractivity contribution is -0.145. The fourth-order valence-corrected chi connectivity index (χ4v) is 1.84. The van der Waals surface area contributed by atoms with Crippen molar-refractivity contribution in [3.8, 4) is 5.75 Å². The average Bonchev–Trinajstić information content (AvgIpc) is 2.60. The molecule has 6 nitrogen and oxygen atoms in total. The molecule has 0 atom stereocenters. The van der Waals surface area contributed by atoms with E-state index in [1.165, 1.54) is 6.08 Å². The Morgan fingerprint density at radius 1 is 1.25 bits per heavy atom. The molecule has 0 radical (unpaired) electrons. The number of hydrogen-bond acceptors (Lipinski definition) is 5. The van der Waals surface area contributed by atoms with E-state index in [0.29, 0.717) is 18.0 Å². The molecule has 0 saturated carbocycles. The molecule has 0 aliphatic carbocycles. The molecule has 0 spiro atoms. The first-order chi connectivity index (χ1) is 11.7. The normalized spacial score (nSPS) is 10.4. The van der Waals surface area contributed by atoms with Crippen LogP contribution in [0.3, 0.4) is 0 Å². The van der Waals surface area contributed by atoms with Crippen LogP contribution in [0.15, 0.2) is 54.9 Å². The minimum Gasteiger partial charge on any atom is -0.482 e. The molecule has 0 bridgehead atoms. The number of carbonyl (C=O) groups excluding carboxylic acids is 2. The van der Waals surface area contributed by atoms with Crippen LogP contribution in [0.25, 0.3) is 6.08 Å². The molecule has 1 aromatic heterocycles. The van der Waals surface area contributed by atoms with Gasteiger partial charge in [-0.2, -0.15) is 0 Å². The Morgan fingerprint density at radius 3 is 2.88 bits per heavy atom. The summed E-state index contributed by atoms with van der Waals surface area (Å²) in [6, 6.07) is 10.4. The van der Waals surface area contributed by atoms with Gasteiger partial charge in [-0.25, -0.2) is 4.79 Å². The Morgan fingerprint density at radius 2 is 2.12 bits per heavy atom. The second kappa shape index (κ2) is 9.09. The maximum Gasteiger partial charge on any atom is 0.344 e. The zero-order valence-electron chi connectivity index (χ0n) is 13.3. The predicted molar refractivity (Wildman–Crippen MR) is 90.5 cm³/mol. The third-order valence-corrected chi connectivity index (χ3v) is 2.88. The van der Waals surface area contributed by atoms with Gasteiger partial charge in [-0.05, 0) is 36.8 Å². The molecular weight excluding hydrogens is 308 g/mol. The molecule has 0 aliphatic heterocycles. The van der Waals surface area contributed by atoms with Crippen LogP contribution in [0.4, 0.5) is 5.69 Å². The monoisotopic (exact) mass is 326 g/mol. The van der Waals surface area contributed by atoms with Gasteiger partial charge >= 0.3 is 5.97 Å². The van der Waals surface area contributed by atoms with Crippen LogP contribution in [0.2, 0.25) is 0 Å². The summed E-state index contributed by atoms with van der Waals surface area (Å²) in [4.78, 5) is 27.2. The molecule has 0 aliphatic rings. The van der Waals surface area contributed by atoms with E-state index < -0.39 is 5.97 Å². The third-order valence-electron chi connectivity index (χ3n) is 2.88. The number of aromatic nitrogens is 1. The van der Waals surface area contributed by atoms with Crippen molar-refractivity contribution >= 4 is 23.6 Å². The quantitative estimate of drug-likeness (QED) is 0.625. The largest absolute Gasteiger partial charge is 0.482 e. The third kappa shape index (κ3) is 5.92. The summed E-state index contributed by atoms with van der Waals surface area (Å²) in [5, 5.41) is 2.72. The lowest BCUT2D eigenvalue weighted by Crippen LogP contribution is -2.14. The summed E-state index contributed by atoms with van der Waals surface area (Å²) >= 11 is 0. The van der Waals surface area contributed by atoms with E-state index in [1.54, 1.807) is 55.7 Å². The van der Waals surface area contributed by atoms with Gasteiger partial charge < -0.3 is 14.8 Å². The zero-order valence-corrected chi connectivity index (χ0v) is 13.3. The molecule has 0 saturated heterocycles. The van der Waals surface area contributed by atoms with Crippen molar-refractivity contribution in [2.45, 2.75) is 6.92 Å². The van der Waals surface area contributed by atoms with E-state index in [-0.39, 0.29) is 12.5 Å². The first-order valence-corrected chi connectivity index (χ1v) is 7.45. The summed E-state index contributed by atoms with van der Waals surface area (Å²) in [5.74, 6) is -0.246. The molecule has 6 heteroatoms. The topological polar surface area (TPSA) is 77.5 Å². The lowest BCUT2D eigenvalue weighted by Gasteiger charge is -2.08. The molecule has 0 unspecified atom stereocenters. The smallest absolute Gasteiger partial charge is 0.344 e. The fourth-order valence-electron chi connectivity index (χ4n) is 1.84. The first-order valence-electron chi connectivity index (χ1n) is 7.45. The van der Waals surface area contributed by atoms with Gasteiger partial charge in [0.05, 0.1) is 6.61 Å². The maximum absolute atomic E-state index is 11.9. The second-order valence-electron chi connectivity index (χ2n) is 4.73. The van der Waals surface area contributed by atoms with Crippen molar-refractivity contribution in [2.75, 3.05) is 18.5 Å². The second-order valence-corrected chi connectivity index (χ2v) is 4.73. The van der Waals surface area contributed by atoms with Crippen molar-refractivity contribution in [1.29, 1.82) is 0 Å². The van der Waals surface area contributed by atoms with E-state index in [9.17, 15) is 9.59 Å².